The van der Waals surface area contributed by atoms with Gasteiger partial charge in [-0.2, -0.15) is 0 Å². The summed E-state index contributed by atoms with van der Waals surface area (Å²) in [6.45, 7) is 17.0. The molecule has 1 aliphatic heterocycles. The van der Waals surface area contributed by atoms with Gasteiger partial charge in [0.2, 0.25) is 5.91 Å². The quantitative estimate of drug-likeness (QED) is 0.179. The van der Waals surface area contributed by atoms with Crippen LogP contribution in [0, 0.1) is 17.3 Å². The number of aromatic hydroxyl groups is 1. The van der Waals surface area contributed by atoms with E-state index in [4.69, 9.17) is 46.7 Å². The number of carbonyl (C=O) groups excluding carboxylic acids is 3. The van der Waals surface area contributed by atoms with Gasteiger partial charge in [0, 0.05) is 0 Å². The first-order chi connectivity index (χ1) is 23.5. The van der Waals surface area contributed by atoms with Crippen LogP contribution in [0.1, 0.15) is 103 Å². The van der Waals surface area contributed by atoms with Gasteiger partial charge in [0.1, 0.15) is 28.6 Å². The molecule has 4 aliphatic rings. The summed E-state index contributed by atoms with van der Waals surface area (Å²) in [5.41, 5.74) is -1.10. The molecule has 6 rings (SSSR count). The molecule has 2 amide bonds. The average molecular weight is 748 g/mol. The highest BCUT2D eigenvalue weighted by atomic mass is 35.5. The third-order valence-electron chi connectivity index (χ3n) is 10.3. The van der Waals surface area contributed by atoms with Gasteiger partial charge in [-0.1, -0.05) is 49.2 Å². The van der Waals surface area contributed by atoms with Crippen molar-refractivity contribution in [2.45, 2.75) is 116 Å². The summed E-state index contributed by atoms with van der Waals surface area (Å²) >= 11 is 12.5. The summed E-state index contributed by atoms with van der Waals surface area (Å²) in [4.78, 5) is 40.7. The molecule has 2 bridgehead atoms. The van der Waals surface area contributed by atoms with Crippen LogP contribution in [0.3, 0.4) is 0 Å². The maximum atomic E-state index is 14.4. The van der Waals surface area contributed by atoms with Gasteiger partial charge in [-0.05, 0) is 114 Å². The van der Waals surface area contributed by atoms with Crippen molar-refractivity contribution in [3.63, 3.8) is 0 Å². The molecule has 0 radical (unpaired) electrons. The SMILES string of the molecule is COc1c(CC(NC(=O)C(NC(=O)OC(C)(C)C)c2cc(Cl)c(O)c(Cl)c2)B2O[C@@H]3C[C@@H]4C[C@@H](C4(C)C)[C@]3(C)O2)cccc1C(=O)OC(C)(C)C. The average Bonchev–Trinajstić information content (AvgIpc) is 3.37. The number of phenolic OH excluding ortho intramolecular Hbond substituents is 1. The minimum atomic E-state index is -1.36. The second-order valence-electron chi connectivity index (χ2n) is 16.6. The molecule has 14 heteroatoms. The van der Waals surface area contributed by atoms with Gasteiger partial charge < -0.3 is 39.3 Å². The fraction of sp³-hybridized carbons (Fsp3) is 0.595. The Morgan fingerprint density at radius 2 is 1.63 bits per heavy atom. The molecule has 6 atom stereocenters. The lowest BCUT2D eigenvalue weighted by Gasteiger charge is -2.64. The van der Waals surface area contributed by atoms with Crippen LogP contribution >= 0.6 is 23.2 Å². The van der Waals surface area contributed by atoms with Crippen LogP contribution in [0.2, 0.25) is 10.0 Å². The third kappa shape index (κ3) is 8.09. The number of ether oxygens (including phenoxy) is 3. The van der Waals surface area contributed by atoms with Crippen molar-refractivity contribution < 1.29 is 43.0 Å². The van der Waals surface area contributed by atoms with Gasteiger partial charge in [0.05, 0.1) is 34.8 Å². The minimum Gasteiger partial charge on any atom is -0.505 e. The topological polar surface area (TPSA) is 142 Å². The second kappa shape index (κ2) is 14.0. The van der Waals surface area contributed by atoms with E-state index >= 15 is 0 Å². The Hall–Kier alpha value is -3.19. The van der Waals surface area contributed by atoms with Gasteiger partial charge in [0.15, 0.2) is 5.75 Å². The molecule has 0 aromatic heterocycles. The van der Waals surface area contributed by atoms with E-state index in [1.54, 1.807) is 59.7 Å². The van der Waals surface area contributed by atoms with E-state index < -0.39 is 53.9 Å². The van der Waals surface area contributed by atoms with Crippen LogP contribution < -0.4 is 15.4 Å². The first-order valence-electron chi connectivity index (χ1n) is 17.2. The Kier molecular flexibility index (Phi) is 10.7. The van der Waals surface area contributed by atoms with Crippen molar-refractivity contribution >= 4 is 48.3 Å². The van der Waals surface area contributed by atoms with Crippen LogP contribution in [0.4, 0.5) is 4.79 Å². The number of alkyl carbamates (subject to hydrolysis) is 1. The number of carbonyl (C=O) groups is 3. The first kappa shape index (κ1) is 39.0. The summed E-state index contributed by atoms with van der Waals surface area (Å²) in [6.07, 6.45) is 0.914. The van der Waals surface area contributed by atoms with E-state index in [1.165, 1.54) is 19.2 Å². The molecule has 3 aliphatic carbocycles. The number of esters is 1. The molecular formula is C37H49BCl2N2O9. The number of hydrogen-bond donors (Lipinski definition) is 3. The second-order valence-corrected chi connectivity index (χ2v) is 17.4. The van der Waals surface area contributed by atoms with Gasteiger partial charge in [-0.3, -0.25) is 4.79 Å². The van der Waals surface area contributed by atoms with Crippen LogP contribution in [0.25, 0.3) is 0 Å². The Morgan fingerprint density at radius 1 is 1.00 bits per heavy atom. The lowest BCUT2D eigenvalue weighted by Crippen LogP contribution is -2.65. The molecule has 0 spiro atoms. The maximum absolute atomic E-state index is 14.4. The molecule has 11 nitrogen and oxygen atoms in total. The number of phenols is 1. The molecule has 3 saturated carbocycles. The van der Waals surface area contributed by atoms with Crippen molar-refractivity contribution in [3.8, 4) is 11.5 Å². The third-order valence-corrected chi connectivity index (χ3v) is 10.9. The minimum absolute atomic E-state index is 0.0764. The van der Waals surface area contributed by atoms with E-state index in [-0.39, 0.29) is 56.5 Å². The van der Waals surface area contributed by atoms with E-state index in [2.05, 4.69) is 31.4 Å². The number of benzene rings is 2. The lowest BCUT2D eigenvalue weighted by atomic mass is 9.43. The van der Waals surface area contributed by atoms with E-state index in [0.717, 1.165) is 12.8 Å². The van der Waals surface area contributed by atoms with Gasteiger partial charge in [-0.25, -0.2) is 9.59 Å². The Bertz CT molecular complexity index is 1670. The number of rotatable bonds is 9. The summed E-state index contributed by atoms with van der Waals surface area (Å²) in [6, 6.07) is 6.47. The number of halogens is 2. The standard InChI is InChI=1S/C37H49BCl2N2O9/c1-34(2,3)48-32(45)22-13-11-12-19(30(22)47-10)16-27(38-50-26-18-21-17-25(36(21,7)8)37(26,9)51-38)41-31(44)28(42-33(46)49-35(4,5)6)20-14-23(39)29(43)24(40)15-20/h11-15,21,25-28,43H,16-18H2,1-10H3,(H,41,44)(H,42,46)/t21-,25-,26+,27?,28?,37-/m0/s1. The largest absolute Gasteiger partial charge is 0.505 e. The summed E-state index contributed by atoms with van der Waals surface area (Å²) in [5, 5.41) is 15.7. The number of para-hydroxylation sites is 1. The van der Waals surface area contributed by atoms with Crippen LogP contribution in [-0.2, 0) is 30.0 Å². The summed E-state index contributed by atoms with van der Waals surface area (Å²) < 4.78 is 30.4. The zero-order valence-corrected chi connectivity index (χ0v) is 32.5. The van der Waals surface area contributed by atoms with Crippen LogP contribution in [0.5, 0.6) is 11.5 Å². The zero-order valence-electron chi connectivity index (χ0n) is 30.9. The molecule has 4 fully saturated rings. The molecule has 2 aromatic carbocycles. The Morgan fingerprint density at radius 3 is 2.20 bits per heavy atom. The van der Waals surface area contributed by atoms with Gasteiger partial charge in [0.25, 0.3) is 0 Å². The van der Waals surface area contributed by atoms with Crippen molar-refractivity contribution in [1.29, 1.82) is 0 Å². The van der Waals surface area contributed by atoms with Gasteiger partial charge in [-0.15, -0.1) is 0 Å². The Labute approximate surface area is 310 Å². The first-order valence-corrected chi connectivity index (χ1v) is 18.0. The van der Waals surface area contributed by atoms with Crippen LogP contribution in [-0.4, -0.2) is 66.2 Å². The molecule has 1 heterocycles. The lowest BCUT2D eigenvalue weighted by molar-refractivity contribution is -0.199. The number of hydrogen-bond acceptors (Lipinski definition) is 9. The Balaban J connectivity index is 1.52. The summed E-state index contributed by atoms with van der Waals surface area (Å²) in [7, 11) is 0.565. The molecular weight excluding hydrogens is 698 g/mol. The van der Waals surface area contributed by atoms with E-state index in [1.807, 2.05) is 0 Å². The maximum Gasteiger partial charge on any atom is 0.482 e. The van der Waals surface area contributed by atoms with E-state index in [9.17, 15) is 19.5 Å². The fourth-order valence-corrected chi connectivity index (χ4v) is 8.25. The number of amides is 2. The molecule has 1 saturated heterocycles. The fourth-order valence-electron chi connectivity index (χ4n) is 7.75. The molecule has 3 N–H and O–H groups in total. The highest BCUT2D eigenvalue weighted by molar-refractivity contribution is 6.48. The highest BCUT2D eigenvalue weighted by Crippen LogP contribution is 2.65. The molecule has 278 valence electrons. The molecule has 51 heavy (non-hydrogen) atoms. The normalized spacial score (nSPS) is 24.8. The van der Waals surface area contributed by atoms with Crippen molar-refractivity contribution in [2.75, 3.05) is 7.11 Å². The number of methoxy groups -OCH3 is 1. The summed E-state index contributed by atoms with van der Waals surface area (Å²) in [5.74, 6) is -1.37. The predicted octanol–water partition coefficient (Wildman–Crippen LogP) is 7.22. The van der Waals surface area contributed by atoms with Crippen LogP contribution in [0.15, 0.2) is 30.3 Å². The van der Waals surface area contributed by atoms with Gasteiger partial charge >= 0.3 is 19.2 Å². The molecule has 2 unspecified atom stereocenters. The van der Waals surface area contributed by atoms with Crippen molar-refractivity contribution in [3.05, 3.63) is 57.1 Å². The van der Waals surface area contributed by atoms with Crippen molar-refractivity contribution in [1.82, 2.24) is 10.6 Å². The number of nitrogens with one attached hydrogen (secondary N) is 2. The monoisotopic (exact) mass is 746 g/mol. The smallest absolute Gasteiger partial charge is 0.482 e. The van der Waals surface area contributed by atoms with E-state index in [0.29, 0.717) is 11.5 Å². The van der Waals surface area contributed by atoms with Crippen molar-refractivity contribution in [2.24, 2.45) is 17.3 Å². The zero-order chi connectivity index (χ0) is 37.8. The highest BCUT2D eigenvalue weighted by Gasteiger charge is 2.68. The molecule has 2 aromatic rings. The predicted molar refractivity (Wildman–Crippen MR) is 194 cm³/mol.